The molecule has 2 aromatic carbocycles. The monoisotopic (exact) mass is 476 g/mol. The van der Waals surface area contributed by atoms with Gasteiger partial charge in [-0.05, 0) is 61.1 Å². The average Bonchev–Trinajstić information content (AvgIpc) is 2.79. The Balaban J connectivity index is 2.10. The number of alkyl halides is 1. The van der Waals surface area contributed by atoms with Gasteiger partial charge in [-0.1, -0.05) is 49.6 Å². The second-order valence-electron chi connectivity index (χ2n) is 8.40. The zero-order valence-electron chi connectivity index (χ0n) is 18.7. The Morgan fingerprint density at radius 1 is 1.16 bits per heavy atom. The Labute approximate surface area is 200 Å². The van der Waals surface area contributed by atoms with E-state index >= 15 is 0 Å². The summed E-state index contributed by atoms with van der Waals surface area (Å²) in [5.74, 6) is -0.0273. The number of anilines is 1. The van der Waals surface area contributed by atoms with Crippen molar-refractivity contribution in [2.45, 2.75) is 51.6 Å². The highest BCUT2D eigenvalue weighted by molar-refractivity contribution is 6.30. The van der Waals surface area contributed by atoms with Gasteiger partial charge < -0.3 is 10.1 Å². The number of nitrogens with zero attached hydrogens (tertiary/aromatic N) is 1. The van der Waals surface area contributed by atoms with Crippen molar-refractivity contribution in [3.8, 4) is 5.75 Å². The van der Waals surface area contributed by atoms with E-state index < -0.39 is 6.04 Å². The van der Waals surface area contributed by atoms with Gasteiger partial charge in [-0.2, -0.15) is 0 Å². The Bertz CT molecular complexity index is 949. The predicted octanol–water partition coefficient (Wildman–Crippen LogP) is 5.67. The molecule has 3 atom stereocenters. The van der Waals surface area contributed by atoms with Crippen LogP contribution in [0.2, 0.25) is 5.02 Å². The Morgan fingerprint density at radius 3 is 2.47 bits per heavy atom. The van der Waals surface area contributed by atoms with Gasteiger partial charge in [0.25, 0.3) is 0 Å². The van der Waals surface area contributed by atoms with Crippen LogP contribution in [0.25, 0.3) is 0 Å². The first-order valence-corrected chi connectivity index (χ1v) is 11.9. The van der Waals surface area contributed by atoms with Crippen molar-refractivity contribution >= 4 is 40.7 Å². The van der Waals surface area contributed by atoms with Crippen LogP contribution in [0, 0.1) is 12.8 Å². The number of nitrogens with one attached hydrogen (secondary N) is 1. The van der Waals surface area contributed by atoms with E-state index in [4.69, 9.17) is 27.9 Å². The van der Waals surface area contributed by atoms with Crippen molar-refractivity contribution < 1.29 is 14.3 Å². The summed E-state index contributed by atoms with van der Waals surface area (Å²) in [6, 6.07) is 11.7. The summed E-state index contributed by atoms with van der Waals surface area (Å²) in [5, 5.41) is 3.77. The van der Waals surface area contributed by atoms with E-state index in [0.29, 0.717) is 27.9 Å². The molecule has 1 saturated carbocycles. The average molecular weight is 477 g/mol. The lowest BCUT2D eigenvalue weighted by molar-refractivity contribution is -0.126. The van der Waals surface area contributed by atoms with Crippen LogP contribution in [0.1, 0.15) is 49.8 Å². The normalized spacial score (nSPS) is 19.2. The number of carbonyl (C=O) groups is 2. The molecule has 5 nitrogen and oxygen atoms in total. The molecule has 0 spiro atoms. The number of hydrogen-bond acceptors (Lipinski definition) is 3. The summed E-state index contributed by atoms with van der Waals surface area (Å²) in [6.45, 7) is 4.08. The summed E-state index contributed by atoms with van der Waals surface area (Å²) < 4.78 is 5.54. The number of aryl methyl sites for hydroxylation is 1. The van der Waals surface area contributed by atoms with E-state index in [1.807, 2.05) is 19.1 Å². The molecule has 0 aromatic heterocycles. The first kappa shape index (κ1) is 24.4. The number of amides is 2. The molecule has 172 valence electrons. The standard InChI is InChI=1S/C25H30Cl2N2O3/c1-16-8-13-22(32-3)21(14-16)29(23(30)15-26)24(18-9-11-19(27)12-10-18)25(31)28-20-7-5-4-6-17(20)2/h8-14,17,20,24H,4-7,15H2,1-3H3,(H,28,31). The molecule has 3 rings (SSSR count). The predicted molar refractivity (Wildman–Crippen MR) is 130 cm³/mol. The lowest BCUT2D eigenvalue weighted by Gasteiger charge is -2.35. The number of rotatable bonds is 7. The molecule has 0 aliphatic heterocycles. The molecule has 3 unspecified atom stereocenters. The van der Waals surface area contributed by atoms with Crippen LogP contribution < -0.4 is 15.0 Å². The molecule has 2 aromatic rings. The third-order valence-electron chi connectivity index (χ3n) is 6.11. The van der Waals surface area contributed by atoms with Gasteiger partial charge in [0.05, 0.1) is 12.8 Å². The maximum absolute atomic E-state index is 13.7. The molecule has 1 aliphatic carbocycles. The van der Waals surface area contributed by atoms with Crippen LogP contribution in [0.3, 0.4) is 0 Å². The highest BCUT2D eigenvalue weighted by atomic mass is 35.5. The first-order valence-electron chi connectivity index (χ1n) is 10.9. The maximum Gasteiger partial charge on any atom is 0.248 e. The SMILES string of the molecule is COc1ccc(C)cc1N(C(=O)CCl)C(C(=O)NC1CCCCC1C)c1ccc(Cl)cc1. The molecule has 32 heavy (non-hydrogen) atoms. The van der Waals surface area contributed by atoms with Crippen molar-refractivity contribution in [3.63, 3.8) is 0 Å². The fourth-order valence-electron chi connectivity index (χ4n) is 4.33. The largest absolute Gasteiger partial charge is 0.495 e. The molecule has 0 heterocycles. The molecule has 0 bridgehead atoms. The second-order valence-corrected chi connectivity index (χ2v) is 9.11. The quantitative estimate of drug-likeness (QED) is 0.524. The third kappa shape index (κ3) is 5.57. The molecule has 1 fully saturated rings. The van der Waals surface area contributed by atoms with Crippen LogP contribution in [0.5, 0.6) is 5.75 Å². The minimum atomic E-state index is -0.914. The van der Waals surface area contributed by atoms with E-state index in [2.05, 4.69) is 12.2 Å². The molecule has 1 aliphatic rings. The van der Waals surface area contributed by atoms with Crippen molar-refractivity contribution in [3.05, 3.63) is 58.6 Å². The van der Waals surface area contributed by atoms with E-state index in [-0.39, 0.29) is 23.7 Å². The first-order chi connectivity index (χ1) is 15.3. The van der Waals surface area contributed by atoms with E-state index in [1.165, 1.54) is 11.3 Å². The van der Waals surface area contributed by atoms with E-state index in [1.54, 1.807) is 37.4 Å². The van der Waals surface area contributed by atoms with Gasteiger partial charge >= 0.3 is 0 Å². The van der Waals surface area contributed by atoms with Gasteiger partial charge in [0, 0.05) is 11.1 Å². The van der Waals surface area contributed by atoms with Crippen molar-refractivity contribution in [2.24, 2.45) is 5.92 Å². The molecular weight excluding hydrogens is 447 g/mol. The number of hydrogen-bond donors (Lipinski definition) is 1. The number of methoxy groups -OCH3 is 1. The van der Waals surface area contributed by atoms with Gasteiger partial charge in [-0.3, -0.25) is 14.5 Å². The van der Waals surface area contributed by atoms with Gasteiger partial charge in [0.1, 0.15) is 17.7 Å². The number of ether oxygens (including phenoxy) is 1. The highest BCUT2D eigenvalue weighted by Crippen LogP contribution is 2.37. The van der Waals surface area contributed by atoms with Crippen LogP contribution in [-0.2, 0) is 9.59 Å². The lowest BCUT2D eigenvalue weighted by atomic mass is 9.85. The zero-order chi connectivity index (χ0) is 23.3. The molecular formula is C25H30Cl2N2O3. The minimum Gasteiger partial charge on any atom is -0.495 e. The molecule has 1 N–H and O–H groups in total. The molecule has 0 saturated heterocycles. The molecule has 7 heteroatoms. The summed E-state index contributed by atoms with van der Waals surface area (Å²) in [7, 11) is 1.54. The Kier molecular flexibility index (Phi) is 8.44. The smallest absolute Gasteiger partial charge is 0.248 e. The number of benzene rings is 2. The second kappa shape index (κ2) is 11.1. The van der Waals surface area contributed by atoms with Gasteiger partial charge in [-0.25, -0.2) is 0 Å². The zero-order valence-corrected chi connectivity index (χ0v) is 20.2. The fraction of sp³-hybridized carbons (Fsp3) is 0.440. The Hall–Kier alpha value is -2.24. The topological polar surface area (TPSA) is 58.6 Å². The molecule has 2 amide bonds. The summed E-state index contributed by atoms with van der Waals surface area (Å²) in [6.07, 6.45) is 4.26. The highest BCUT2D eigenvalue weighted by Gasteiger charge is 2.36. The fourth-order valence-corrected chi connectivity index (χ4v) is 4.58. The number of halogens is 2. The van der Waals surface area contributed by atoms with Crippen LogP contribution in [0.4, 0.5) is 5.69 Å². The van der Waals surface area contributed by atoms with E-state index in [0.717, 1.165) is 24.8 Å². The summed E-state index contributed by atoms with van der Waals surface area (Å²) >= 11 is 12.1. The van der Waals surface area contributed by atoms with Gasteiger partial charge in [0.15, 0.2) is 0 Å². The van der Waals surface area contributed by atoms with Crippen LogP contribution in [-0.4, -0.2) is 30.8 Å². The van der Waals surface area contributed by atoms with Crippen LogP contribution in [0.15, 0.2) is 42.5 Å². The van der Waals surface area contributed by atoms with Crippen molar-refractivity contribution in [2.75, 3.05) is 17.9 Å². The van der Waals surface area contributed by atoms with Crippen molar-refractivity contribution in [1.82, 2.24) is 5.32 Å². The van der Waals surface area contributed by atoms with Crippen LogP contribution >= 0.6 is 23.2 Å². The summed E-state index contributed by atoms with van der Waals surface area (Å²) in [5.41, 5.74) is 2.09. The van der Waals surface area contributed by atoms with Gasteiger partial charge in [-0.15, -0.1) is 11.6 Å². The van der Waals surface area contributed by atoms with E-state index in [9.17, 15) is 9.59 Å². The molecule has 0 radical (unpaired) electrons. The van der Waals surface area contributed by atoms with Gasteiger partial charge in [0.2, 0.25) is 11.8 Å². The minimum absolute atomic E-state index is 0.0680. The number of carbonyl (C=O) groups excluding carboxylic acids is 2. The maximum atomic E-state index is 13.7. The summed E-state index contributed by atoms with van der Waals surface area (Å²) in [4.78, 5) is 28.4. The Morgan fingerprint density at radius 2 is 1.84 bits per heavy atom. The third-order valence-corrected chi connectivity index (χ3v) is 6.59. The van der Waals surface area contributed by atoms with Crippen molar-refractivity contribution in [1.29, 1.82) is 0 Å². The lowest BCUT2D eigenvalue weighted by Crippen LogP contribution is -2.49.